The Morgan fingerprint density at radius 1 is 1.29 bits per heavy atom. The van der Waals surface area contributed by atoms with Crippen molar-refractivity contribution in [2.75, 3.05) is 13.6 Å². The van der Waals surface area contributed by atoms with Crippen LogP contribution in [0.15, 0.2) is 29.2 Å². The van der Waals surface area contributed by atoms with Crippen LogP contribution in [0.5, 0.6) is 0 Å². The third-order valence-electron chi connectivity index (χ3n) is 4.67. The number of hydrogen-bond donors (Lipinski definition) is 2. The van der Waals surface area contributed by atoms with Gasteiger partial charge >= 0.3 is 0 Å². The summed E-state index contributed by atoms with van der Waals surface area (Å²) < 4.78 is 0. The van der Waals surface area contributed by atoms with E-state index in [1.54, 1.807) is 19.2 Å². The van der Waals surface area contributed by atoms with Gasteiger partial charge in [-0.2, -0.15) is 0 Å². The number of carbonyl (C=O) groups is 2. The molecule has 1 aliphatic heterocycles. The highest BCUT2D eigenvalue weighted by Crippen LogP contribution is 2.20. The van der Waals surface area contributed by atoms with Gasteiger partial charge in [-0.15, -0.1) is 0 Å². The van der Waals surface area contributed by atoms with Crippen molar-refractivity contribution >= 4 is 22.7 Å². The van der Waals surface area contributed by atoms with Crippen molar-refractivity contribution in [2.24, 2.45) is 0 Å². The molecule has 2 aromatic rings. The lowest BCUT2D eigenvalue weighted by Gasteiger charge is -2.34. The number of aromatic amines is 1. The summed E-state index contributed by atoms with van der Waals surface area (Å²) in [6.07, 6.45) is 3.82. The lowest BCUT2D eigenvalue weighted by atomic mass is 9.99. The van der Waals surface area contributed by atoms with Gasteiger partial charge in [-0.3, -0.25) is 14.4 Å². The molecule has 1 aromatic heterocycles. The van der Waals surface area contributed by atoms with Crippen molar-refractivity contribution in [3.05, 3.63) is 45.7 Å². The fraction of sp³-hybridized carbons (Fsp3) is 0.389. The van der Waals surface area contributed by atoms with E-state index in [0.717, 1.165) is 23.9 Å². The first kappa shape index (κ1) is 16.2. The summed E-state index contributed by atoms with van der Waals surface area (Å²) in [5, 5.41) is 3.10. The van der Waals surface area contributed by atoms with Crippen LogP contribution in [-0.2, 0) is 4.79 Å². The molecule has 3 rings (SSSR count). The van der Waals surface area contributed by atoms with Crippen molar-refractivity contribution in [3.63, 3.8) is 0 Å². The van der Waals surface area contributed by atoms with Gasteiger partial charge in [0.15, 0.2) is 0 Å². The molecule has 2 amide bonds. The molecule has 2 heterocycles. The summed E-state index contributed by atoms with van der Waals surface area (Å²) in [4.78, 5) is 42.3. The van der Waals surface area contributed by atoms with Crippen molar-refractivity contribution < 1.29 is 9.59 Å². The van der Waals surface area contributed by atoms with E-state index < -0.39 is 6.04 Å². The number of benzene rings is 1. The molecule has 1 unspecified atom stereocenters. The molecule has 6 nitrogen and oxygen atoms in total. The number of H-pyrrole nitrogens is 1. The van der Waals surface area contributed by atoms with Crippen LogP contribution in [0, 0.1) is 6.92 Å². The lowest BCUT2D eigenvalue weighted by Crippen LogP contribution is -2.52. The first-order valence-corrected chi connectivity index (χ1v) is 8.18. The topological polar surface area (TPSA) is 82.3 Å². The maximum absolute atomic E-state index is 12.9. The number of amides is 2. The van der Waals surface area contributed by atoms with Gasteiger partial charge in [-0.05, 0) is 37.8 Å². The number of nitrogens with one attached hydrogen (secondary N) is 2. The van der Waals surface area contributed by atoms with Crippen molar-refractivity contribution in [1.29, 1.82) is 0 Å². The van der Waals surface area contributed by atoms with Gasteiger partial charge in [0.1, 0.15) is 11.6 Å². The molecule has 0 radical (unpaired) electrons. The van der Waals surface area contributed by atoms with E-state index in [1.807, 2.05) is 13.0 Å². The second-order valence-electron chi connectivity index (χ2n) is 6.15. The maximum Gasteiger partial charge on any atom is 0.260 e. The van der Waals surface area contributed by atoms with Crippen LogP contribution in [-0.4, -0.2) is 41.3 Å². The van der Waals surface area contributed by atoms with E-state index in [4.69, 9.17) is 0 Å². The first-order chi connectivity index (χ1) is 11.5. The fourth-order valence-corrected chi connectivity index (χ4v) is 3.33. The van der Waals surface area contributed by atoms with Crippen LogP contribution >= 0.6 is 0 Å². The molecule has 1 aromatic carbocycles. The summed E-state index contributed by atoms with van der Waals surface area (Å²) in [6.45, 7) is 2.40. The van der Waals surface area contributed by atoms with E-state index in [9.17, 15) is 14.4 Å². The number of hydrogen-bond acceptors (Lipinski definition) is 3. The molecule has 1 saturated heterocycles. The third-order valence-corrected chi connectivity index (χ3v) is 4.67. The predicted octanol–water partition coefficient (Wildman–Crippen LogP) is 1.58. The molecular formula is C18H21N3O3. The Labute approximate surface area is 139 Å². The van der Waals surface area contributed by atoms with E-state index in [-0.39, 0.29) is 22.8 Å². The van der Waals surface area contributed by atoms with Gasteiger partial charge < -0.3 is 15.2 Å². The number of likely N-dealkylation sites (N-methyl/N-ethyl adjacent to an activating group) is 1. The number of para-hydroxylation sites is 1. The standard InChI is InChI=1S/C18H21N3O3/c1-11-6-5-7-12-15(11)20-10-13(16(12)22)18(24)21-9-4-3-8-14(21)17(23)19-2/h5-7,10,14H,3-4,8-9H2,1-2H3,(H,19,23)(H,20,22). The third kappa shape index (κ3) is 2.68. The van der Waals surface area contributed by atoms with Gasteiger partial charge in [-0.1, -0.05) is 12.1 Å². The Balaban J connectivity index is 2.03. The number of aromatic nitrogens is 1. The van der Waals surface area contributed by atoms with Crippen LogP contribution in [0.2, 0.25) is 0 Å². The smallest absolute Gasteiger partial charge is 0.260 e. The SMILES string of the molecule is CNC(=O)C1CCCCN1C(=O)c1c[nH]c2c(C)cccc2c1=O. The molecular weight excluding hydrogens is 306 g/mol. The van der Waals surface area contributed by atoms with E-state index in [2.05, 4.69) is 10.3 Å². The monoisotopic (exact) mass is 327 g/mol. The number of likely N-dealkylation sites (tertiary alicyclic amines) is 1. The lowest BCUT2D eigenvalue weighted by molar-refractivity contribution is -0.126. The zero-order valence-electron chi connectivity index (χ0n) is 13.9. The number of nitrogens with zero attached hydrogens (tertiary/aromatic N) is 1. The van der Waals surface area contributed by atoms with Gasteiger partial charge in [0, 0.05) is 25.2 Å². The largest absolute Gasteiger partial charge is 0.360 e. The second-order valence-corrected chi connectivity index (χ2v) is 6.15. The Bertz CT molecular complexity index is 856. The molecule has 6 heteroatoms. The molecule has 1 aliphatic rings. The van der Waals surface area contributed by atoms with Gasteiger partial charge in [0.25, 0.3) is 5.91 Å². The second kappa shape index (κ2) is 6.47. The summed E-state index contributed by atoms with van der Waals surface area (Å²) >= 11 is 0. The molecule has 0 saturated carbocycles. The summed E-state index contributed by atoms with van der Waals surface area (Å²) in [5.41, 5.74) is 1.48. The normalized spacial score (nSPS) is 17.8. The Hall–Kier alpha value is -2.63. The zero-order chi connectivity index (χ0) is 17.3. The van der Waals surface area contributed by atoms with Crippen LogP contribution in [0.1, 0.15) is 35.2 Å². The van der Waals surface area contributed by atoms with Crippen LogP contribution < -0.4 is 10.7 Å². The average Bonchev–Trinajstić information content (AvgIpc) is 2.61. The van der Waals surface area contributed by atoms with Crippen molar-refractivity contribution in [1.82, 2.24) is 15.2 Å². The molecule has 2 N–H and O–H groups in total. The van der Waals surface area contributed by atoms with Crippen LogP contribution in [0.4, 0.5) is 0 Å². The summed E-state index contributed by atoms with van der Waals surface area (Å²) in [5.74, 6) is -0.566. The minimum atomic E-state index is -0.510. The molecule has 1 atom stereocenters. The Kier molecular flexibility index (Phi) is 4.38. The number of piperidine rings is 1. The number of carbonyl (C=O) groups excluding carboxylic acids is 2. The van der Waals surface area contributed by atoms with Crippen molar-refractivity contribution in [2.45, 2.75) is 32.2 Å². The van der Waals surface area contributed by atoms with E-state index in [1.165, 1.54) is 11.1 Å². The number of aryl methyl sites for hydroxylation is 1. The zero-order valence-corrected chi connectivity index (χ0v) is 13.9. The average molecular weight is 327 g/mol. The van der Waals surface area contributed by atoms with Gasteiger partial charge in [-0.25, -0.2) is 0 Å². The molecule has 0 spiro atoms. The van der Waals surface area contributed by atoms with Gasteiger partial charge in [0.05, 0.1) is 5.52 Å². The van der Waals surface area contributed by atoms with E-state index in [0.29, 0.717) is 18.4 Å². The first-order valence-electron chi connectivity index (χ1n) is 8.18. The quantitative estimate of drug-likeness (QED) is 0.878. The Morgan fingerprint density at radius 2 is 2.08 bits per heavy atom. The summed E-state index contributed by atoms with van der Waals surface area (Å²) in [7, 11) is 1.56. The van der Waals surface area contributed by atoms with Crippen LogP contribution in [0.3, 0.4) is 0 Å². The number of rotatable bonds is 2. The summed E-state index contributed by atoms with van der Waals surface area (Å²) in [6, 6.07) is 4.91. The number of fused-ring (bicyclic) bond motifs is 1. The highest BCUT2D eigenvalue weighted by atomic mass is 16.2. The molecule has 1 fully saturated rings. The molecule has 126 valence electrons. The van der Waals surface area contributed by atoms with Crippen molar-refractivity contribution in [3.8, 4) is 0 Å². The molecule has 0 bridgehead atoms. The Morgan fingerprint density at radius 3 is 2.83 bits per heavy atom. The van der Waals surface area contributed by atoms with E-state index >= 15 is 0 Å². The predicted molar refractivity (Wildman–Crippen MR) is 92.0 cm³/mol. The fourth-order valence-electron chi connectivity index (χ4n) is 3.33. The maximum atomic E-state index is 12.9. The minimum absolute atomic E-state index is 0.0869. The number of pyridine rings is 1. The highest BCUT2D eigenvalue weighted by molar-refractivity contribution is 6.00. The minimum Gasteiger partial charge on any atom is -0.360 e. The molecule has 24 heavy (non-hydrogen) atoms. The highest BCUT2D eigenvalue weighted by Gasteiger charge is 2.33. The van der Waals surface area contributed by atoms with Crippen LogP contribution in [0.25, 0.3) is 10.9 Å². The molecule has 0 aliphatic carbocycles. The van der Waals surface area contributed by atoms with Gasteiger partial charge in [0.2, 0.25) is 11.3 Å².